The van der Waals surface area contributed by atoms with Crippen LogP contribution < -0.4 is 4.90 Å². The van der Waals surface area contributed by atoms with Crippen LogP contribution in [-0.4, -0.2) is 4.57 Å². The van der Waals surface area contributed by atoms with E-state index in [0.29, 0.717) is 0 Å². The van der Waals surface area contributed by atoms with Crippen LogP contribution >= 0.6 is 0 Å². The first-order valence-electron chi connectivity index (χ1n) is 22.1. The van der Waals surface area contributed by atoms with Gasteiger partial charge < -0.3 is 13.9 Å². The van der Waals surface area contributed by atoms with E-state index in [2.05, 4.69) is 231 Å². The van der Waals surface area contributed by atoms with Gasteiger partial charge in [0.15, 0.2) is 5.58 Å². The van der Waals surface area contributed by atoms with E-state index in [1.165, 1.54) is 83.1 Å². The predicted octanol–water partition coefficient (Wildman–Crippen LogP) is 16.4. The molecule has 2 aliphatic rings. The summed E-state index contributed by atoms with van der Waals surface area (Å²) in [5, 5.41) is 4.78. The number of para-hydroxylation sites is 4. The number of hydrogen-bond donors (Lipinski definition) is 0. The summed E-state index contributed by atoms with van der Waals surface area (Å²) in [5.41, 5.74) is 21.2. The van der Waals surface area contributed by atoms with E-state index in [1.807, 2.05) is 0 Å². The molecule has 0 amide bonds. The van der Waals surface area contributed by atoms with Gasteiger partial charge in [-0.05, 0) is 122 Å². The van der Waals surface area contributed by atoms with E-state index in [4.69, 9.17) is 4.42 Å². The second kappa shape index (κ2) is 13.0. The third-order valence-electron chi connectivity index (χ3n) is 14.4. The fourth-order valence-corrected chi connectivity index (χ4v) is 11.2. The van der Waals surface area contributed by atoms with Crippen molar-refractivity contribution >= 4 is 60.8 Å². The molecule has 0 radical (unpaired) electrons. The molecule has 0 saturated heterocycles. The van der Waals surface area contributed by atoms with Crippen LogP contribution in [0.25, 0.3) is 82.8 Å². The third-order valence-corrected chi connectivity index (χ3v) is 14.4. The molecule has 0 saturated carbocycles. The number of benzene rings is 9. The van der Waals surface area contributed by atoms with Crippen LogP contribution in [0.1, 0.15) is 49.9 Å². The van der Waals surface area contributed by atoms with E-state index >= 15 is 0 Å². The van der Waals surface area contributed by atoms with E-state index < -0.39 is 0 Å². The van der Waals surface area contributed by atoms with Crippen LogP contribution in [0.2, 0.25) is 0 Å². The smallest absolute Gasteiger partial charge is 0.159 e. The van der Waals surface area contributed by atoms with Crippen molar-refractivity contribution in [1.29, 1.82) is 0 Å². The molecule has 0 atom stereocenters. The molecule has 2 heterocycles. The van der Waals surface area contributed by atoms with Gasteiger partial charge in [-0.2, -0.15) is 0 Å². The van der Waals surface area contributed by atoms with Crippen molar-refractivity contribution in [2.45, 2.75) is 38.5 Å². The maximum absolute atomic E-state index is 6.80. The molecule has 63 heavy (non-hydrogen) atoms. The zero-order valence-electron chi connectivity index (χ0n) is 35.8. The van der Waals surface area contributed by atoms with Crippen LogP contribution in [0.5, 0.6) is 0 Å². The summed E-state index contributed by atoms with van der Waals surface area (Å²) in [6, 6.07) is 71.5. The maximum atomic E-state index is 6.80. The Balaban J connectivity index is 0.974. The molecule has 300 valence electrons. The Kier molecular flexibility index (Phi) is 7.42. The molecule has 11 aromatic rings. The number of fused-ring (bicyclic) bond motifs is 12. The summed E-state index contributed by atoms with van der Waals surface area (Å²) >= 11 is 0. The molecule has 2 aliphatic carbocycles. The lowest BCUT2D eigenvalue weighted by Gasteiger charge is -2.29. The lowest BCUT2D eigenvalue weighted by molar-refractivity contribution is 0.659. The first kappa shape index (κ1) is 36.1. The van der Waals surface area contributed by atoms with Crippen molar-refractivity contribution < 1.29 is 4.42 Å². The lowest BCUT2D eigenvalue weighted by Crippen LogP contribution is -2.18. The van der Waals surface area contributed by atoms with Crippen LogP contribution in [-0.2, 0) is 10.8 Å². The minimum atomic E-state index is -0.259. The van der Waals surface area contributed by atoms with Crippen molar-refractivity contribution in [2.75, 3.05) is 4.90 Å². The van der Waals surface area contributed by atoms with Gasteiger partial charge in [-0.1, -0.05) is 155 Å². The Bertz CT molecular complexity index is 3640. The second-order valence-corrected chi connectivity index (χ2v) is 18.5. The summed E-state index contributed by atoms with van der Waals surface area (Å²) in [4.78, 5) is 2.43. The topological polar surface area (TPSA) is 21.3 Å². The van der Waals surface area contributed by atoms with E-state index in [1.54, 1.807) is 0 Å². The highest BCUT2D eigenvalue weighted by molar-refractivity contribution is 6.11. The maximum Gasteiger partial charge on any atom is 0.159 e. The summed E-state index contributed by atoms with van der Waals surface area (Å²) < 4.78 is 9.23. The molecule has 2 aromatic heterocycles. The standard InChI is InChI=1S/C60H44N2O/c1-59(2)50-33-38(37-15-6-5-7-16-37)25-29-42(50)43-30-26-39(34-51(43)59)61(56-23-14-20-49-48-19-10-13-24-57(48)63-58(49)56)40-27-31-44-45-32-28-41(36-53(45)60(3,4)52(44)35-40)62-54-21-11-8-17-46(54)47-18-9-12-22-55(47)62/h5-36H,1-4H3. The van der Waals surface area contributed by atoms with Crippen molar-refractivity contribution in [3.05, 3.63) is 216 Å². The monoisotopic (exact) mass is 808 g/mol. The highest BCUT2D eigenvalue weighted by Gasteiger charge is 2.39. The second-order valence-electron chi connectivity index (χ2n) is 18.5. The SMILES string of the molecule is CC1(C)c2cc(-c3ccccc3)ccc2-c2ccc(N(c3ccc4c(c3)C(C)(C)c3cc(-n5c6ccccc6c6ccccc65)ccc3-4)c3cccc4c3oc3ccccc34)cc21. The van der Waals surface area contributed by atoms with Gasteiger partial charge >= 0.3 is 0 Å². The number of rotatable bonds is 5. The number of furan rings is 1. The summed E-state index contributed by atoms with van der Waals surface area (Å²) in [5.74, 6) is 0. The predicted molar refractivity (Wildman–Crippen MR) is 263 cm³/mol. The van der Waals surface area contributed by atoms with Crippen molar-refractivity contribution in [3.63, 3.8) is 0 Å². The summed E-state index contributed by atoms with van der Waals surface area (Å²) in [6.07, 6.45) is 0. The average Bonchev–Trinajstić information content (AvgIpc) is 4.00. The minimum Gasteiger partial charge on any atom is -0.454 e. The van der Waals surface area contributed by atoms with Gasteiger partial charge in [0.1, 0.15) is 5.58 Å². The zero-order valence-corrected chi connectivity index (χ0v) is 35.8. The molecule has 3 heteroatoms. The first-order valence-corrected chi connectivity index (χ1v) is 22.1. The van der Waals surface area contributed by atoms with Gasteiger partial charge in [0.05, 0.1) is 16.7 Å². The van der Waals surface area contributed by atoms with Gasteiger partial charge in [-0.15, -0.1) is 0 Å². The molecular weight excluding hydrogens is 765 g/mol. The molecule has 0 bridgehead atoms. The Morgan fingerprint density at radius 3 is 1.56 bits per heavy atom. The van der Waals surface area contributed by atoms with Gasteiger partial charge in [0.2, 0.25) is 0 Å². The van der Waals surface area contributed by atoms with Gasteiger partial charge in [-0.3, -0.25) is 0 Å². The largest absolute Gasteiger partial charge is 0.454 e. The lowest BCUT2D eigenvalue weighted by atomic mass is 9.81. The fraction of sp³-hybridized carbons (Fsp3) is 0.100. The van der Waals surface area contributed by atoms with Crippen LogP contribution in [0.15, 0.2) is 199 Å². The zero-order chi connectivity index (χ0) is 42.2. The van der Waals surface area contributed by atoms with E-state index in [-0.39, 0.29) is 10.8 Å². The quantitative estimate of drug-likeness (QED) is 0.173. The van der Waals surface area contributed by atoms with Crippen LogP contribution in [0, 0.1) is 0 Å². The van der Waals surface area contributed by atoms with Crippen molar-refractivity contribution in [1.82, 2.24) is 4.57 Å². The number of anilines is 3. The summed E-state index contributed by atoms with van der Waals surface area (Å²) in [6.45, 7) is 9.53. The molecule has 13 rings (SSSR count). The highest BCUT2D eigenvalue weighted by atomic mass is 16.3. The first-order chi connectivity index (χ1) is 30.8. The van der Waals surface area contributed by atoms with Crippen LogP contribution in [0.4, 0.5) is 17.1 Å². The number of aromatic nitrogens is 1. The third kappa shape index (κ3) is 5.08. The molecule has 0 spiro atoms. The van der Waals surface area contributed by atoms with Crippen molar-refractivity contribution in [2.24, 2.45) is 0 Å². The number of nitrogens with zero attached hydrogens (tertiary/aromatic N) is 2. The average molecular weight is 809 g/mol. The van der Waals surface area contributed by atoms with Gasteiger partial charge in [0, 0.05) is 49.4 Å². The Morgan fingerprint density at radius 2 is 0.905 bits per heavy atom. The van der Waals surface area contributed by atoms with Crippen molar-refractivity contribution in [3.8, 4) is 39.1 Å². The van der Waals surface area contributed by atoms with Gasteiger partial charge in [-0.25, -0.2) is 0 Å². The Morgan fingerprint density at radius 1 is 0.397 bits per heavy atom. The Labute approximate surface area is 367 Å². The molecule has 9 aromatic carbocycles. The number of hydrogen-bond acceptors (Lipinski definition) is 2. The van der Waals surface area contributed by atoms with E-state index in [9.17, 15) is 0 Å². The minimum absolute atomic E-state index is 0.210. The van der Waals surface area contributed by atoms with Gasteiger partial charge in [0.25, 0.3) is 0 Å². The molecular formula is C60H44N2O. The molecule has 0 unspecified atom stereocenters. The van der Waals surface area contributed by atoms with E-state index in [0.717, 1.165) is 39.0 Å². The molecule has 0 fully saturated rings. The Hall–Kier alpha value is -7.62. The summed E-state index contributed by atoms with van der Waals surface area (Å²) in [7, 11) is 0. The fourth-order valence-electron chi connectivity index (χ4n) is 11.2. The normalized spacial score (nSPS) is 14.3. The highest BCUT2D eigenvalue weighted by Crippen LogP contribution is 2.55. The molecule has 3 nitrogen and oxygen atoms in total. The molecule has 0 N–H and O–H groups in total. The van der Waals surface area contributed by atoms with Crippen LogP contribution in [0.3, 0.4) is 0 Å². The molecule has 0 aliphatic heterocycles.